The van der Waals surface area contributed by atoms with Gasteiger partial charge in [0.1, 0.15) is 0 Å². The van der Waals surface area contributed by atoms with E-state index in [2.05, 4.69) is 4.98 Å². The summed E-state index contributed by atoms with van der Waals surface area (Å²) in [5, 5.41) is 11.3. The number of ether oxygens (including phenoxy) is 1. The number of nitrogens with one attached hydrogen (secondary N) is 1. The van der Waals surface area contributed by atoms with E-state index in [4.69, 9.17) is 16.3 Å². The number of aromatic nitrogens is 1. The third-order valence-electron chi connectivity index (χ3n) is 4.20. The van der Waals surface area contributed by atoms with Gasteiger partial charge in [0.2, 0.25) is 0 Å². The zero-order chi connectivity index (χ0) is 20.3. The number of esters is 1. The lowest BCUT2D eigenvalue weighted by atomic mass is 10.1. The molecule has 9 heteroatoms. The van der Waals surface area contributed by atoms with Crippen molar-refractivity contribution in [3.8, 4) is 0 Å². The Kier molecular flexibility index (Phi) is 6.35. The number of likely N-dealkylation sites (N-methyl/N-ethyl adjacent to an activating group) is 1. The summed E-state index contributed by atoms with van der Waals surface area (Å²) in [7, 11) is 2.99. The van der Waals surface area contributed by atoms with Crippen LogP contribution in [0.4, 0.5) is 5.69 Å². The second kappa shape index (κ2) is 8.32. The molecule has 0 unspecified atom stereocenters. The number of nitro benzene ring substituents is 1. The number of hydrogen-bond acceptors (Lipinski definition) is 6. The molecule has 0 saturated heterocycles. The fourth-order valence-corrected chi connectivity index (χ4v) is 3.08. The lowest BCUT2D eigenvalue weighted by Crippen LogP contribution is -2.26. The molecule has 0 saturated carbocycles. The molecule has 144 valence electrons. The van der Waals surface area contributed by atoms with Gasteiger partial charge in [0, 0.05) is 29.4 Å². The number of halogens is 1. The van der Waals surface area contributed by atoms with Crippen molar-refractivity contribution in [2.45, 2.75) is 20.4 Å². The highest BCUT2D eigenvalue weighted by Crippen LogP contribution is 2.24. The second-order valence-corrected chi connectivity index (χ2v) is 6.65. The summed E-state index contributed by atoms with van der Waals surface area (Å²) in [6, 6.07) is 4.19. The van der Waals surface area contributed by atoms with Crippen LogP contribution in [0.15, 0.2) is 18.2 Å². The predicted molar refractivity (Wildman–Crippen MR) is 100 cm³/mol. The number of nitro groups is 1. The van der Waals surface area contributed by atoms with E-state index in [1.807, 2.05) is 0 Å². The summed E-state index contributed by atoms with van der Waals surface area (Å²) in [6.07, 6.45) is 0. The van der Waals surface area contributed by atoms with Crippen molar-refractivity contribution in [2.75, 3.05) is 20.7 Å². The van der Waals surface area contributed by atoms with Crippen molar-refractivity contribution >= 4 is 29.0 Å². The Labute approximate surface area is 161 Å². The Hall–Kier alpha value is -2.71. The number of carbonyl (C=O) groups is 2. The van der Waals surface area contributed by atoms with Crippen LogP contribution in [-0.4, -0.2) is 47.3 Å². The molecule has 0 aliphatic heterocycles. The summed E-state index contributed by atoms with van der Waals surface area (Å²) < 4.78 is 4.74. The van der Waals surface area contributed by atoms with Gasteiger partial charge in [0.05, 0.1) is 29.8 Å². The molecule has 0 bridgehead atoms. The van der Waals surface area contributed by atoms with Crippen LogP contribution in [0.5, 0.6) is 0 Å². The van der Waals surface area contributed by atoms with E-state index in [1.165, 1.54) is 25.3 Å². The molecule has 8 nitrogen and oxygen atoms in total. The lowest BCUT2D eigenvalue weighted by Gasteiger charge is -2.16. The van der Waals surface area contributed by atoms with E-state index in [1.54, 1.807) is 25.8 Å². The molecule has 0 amide bonds. The van der Waals surface area contributed by atoms with Crippen LogP contribution in [0.3, 0.4) is 0 Å². The first-order valence-corrected chi connectivity index (χ1v) is 8.45. The number of H-pyrrole nitrogens is 1. The number of rotatable bonds is 7. The zero-order valence-corrected chi connectivity index (χ0v) is 16.2. The molecule has 0 fully saturated rings. The highest BCUT2D eigenvalue weighted by Gasteiger charge is 2.23. The summed E-state index contributed by atoms with van der Waals surface area (Å²) in [4.78, 5) is 39.5. The number of methoxy groups -OCH3 is 1. The van der Waals surface area contributed by atoms with Crippen molar-refractivity contribution in [3.63, 3.8) is 0 Å². The molecule has 0 radical (unpaired) electrons. The summed E-state index contributed by atoms with van der Waals surface area (Å²) >= 11 is 6.11. The maximum atomic E-state index is 12.6. The second-order valence-electron chi connectivity index (χ2n) is 6.24. The van der Waals surface area contributed by atoms with Crippen LogP contribution >= 0.6 is 11.6 Å². The Morgan fingerprint density at radius 1 is 1.33 bits per heavy atom. The van der Waals surface area contributed by atoms with E-state index < -0.39 is 10.9 Å². The van der Waals surface area contributed by atoms with E-state index in [0.29, 0.717) is 33.1 Å². The van der Waals surface area contributed by atoms with Crippen molar-refractivity contribution in [3.05, 3.63) is 61.4 Å². The van der Waals surface area contributed by atoms with Gasteiger partial charge >= 0.3 is 5.97 Å². The van der Waals surface area contributed by atoms with Crippen molar-refractivity contribution in [2.24, 2.45) is 0 Å². The molecule has 0 spiro atoms. The van der Waals surface area contributed by atoms with Crippen molar-refractivity contribution in [1.29, 1.82) is 0 Å². The molecule has 1 aromatic carbocycles. The molecule has 0 aliphatic carbocycles. The molecule has 1 aromatic heterocycles. The minimum absolute atomic E-state index is 0.0421. The molecule has 0 aliphatic rings. The van der Waals surface area contributed by atoms with Gasteiger partial charge in [0.25, 0.3) is 5.69 Å². The van der Waals surface area contributed by atoms with Gasteiger partial charge in [-0.15, -0.1) is 0 Å². The molecule has 0 atom stereocenters. The van der Waals surface area contributed by atoms with Gasteiger partial charge in [-0.1, -0.05) is 11.6 Å². The SMILES string of the molecule is COC(=O)c1c(C)[nH]c(C(=O)CN(C)Cc2cc([N+](=O)[O-])ccc2Cl)c1C. The Morgan fingerprint density at radius 3 is 2.59 bits per heavy atom. The number of aromatic amines is 1. The number of nitrogens with zero attached hydrogens (tertiary/aromatic N) is 2. The Morgan fingerprint density at radius 2 is 2.00 bits per heavy atom. The Balaban J connectivity index is 2.16. The first kappa shape index (κ1) is 20.6. The molecule has 2 rings (SSSR count). The number of hydrogen-bond donors (Lipinski definition) is 1. The van der Waals surface area contributed by atoms with Gasteiger partial charge in [-0.2, -0.15) is 0 Å². The fraction of sp³-hybridized carbons (Fsp3) is 0.333. The minimum atomic E-state index is -0.503. The van der Waals surface area contributed by atoms with E-state index in [9.17, 15) is 19.7 Å². The third-order valence-corrected chi connectivity index (χ3v) is 4.57. The number of non-ortho nitro benzene ring substituents is 1. The third kappa shape index (κ3) is 4.53. The van der Waals surface area contributed by atoms with E-state index >= 15 is 0 Å². The van der Waals surface area contributed by atoms with Crippen LogP contribution < -0.4 is 0 Å². The molecule has 1 heterocycles. The first-order chi connectivity index (χ1) is 12.6. The maximum absolute atomic E-state index is 12.6. The highest BCUT2D eigenvalue weighted by molar-refractivity contribution is 6.31. The average molecular weight is 394 g/mol. The van der Waals surface area contributed by atoms with Crippen LogP contribution in [0, 0.1) is 24.0 Å². The largest absolute Gasteiger partial charge is 0.465 e. The monoisotopic (exact) mass is 393 g/mol. The minimum Gasteiger partial charge on any atom is -0.465 e. The number of carbonyl (C=O) groups excluding carboxylic acids is 2. The summed E-state index contributed by atoms with van der Waals surface area (Å²) in [5.74, 6) is -0.716. The van der Waals surface area contributed by atoms with Crippen LogP contribution in [0.25, 0.3) is 0 Å². The van der Waals surface area contributed by atoms with Crippen LogP contribution in [-0.2, 0) is 11.3 Å². The predicted octanol–water partition coefficient (Wildman–Crippen LogP) is 3.29. The number of aryl methyl sites for hydroxylation is 1. The zero-order valence-electron chi connectivity index (χ0n) is 15.5. The van der Waals surface area contributed by atoms with Crippen molar-refractivity contribution in [1.82, 2.24) is 9.88 Å². The molecule has 2 aromatic rings. The maximum Gasteiger partial charge on any atom is 0.339 e. The number of ketones is 1. The number of Topliss-reactive ketones (excluding diaryl/α,β-unsaturated/α-hetero) is 1. The fourth-order valence-electron chi connectivity index (χ4n) is 2.90. The summed E-state index contributed by atoms with van der Waals surface area (Å²) in [6.45, 7) is 3.68. The summed E-state index contributed by atoms with van der Waals surface area (Å²) in [5.41, 5.74) is 2.27. The average Bonchev–Trinajstić information content (AvgIpc) is 2.90. The Bertz CT molecular complexity index is 907. The van der Waals surface area contributed by atoms with Crippen LogP contribution in [0.2, 0.25) is 5.02 Å². The quantitative estimate of drug-likeness (QED) is 0.335. The van der Waals surface area contributed by atoms with E-state index in [0.717, 1.165) is 0 Å². The lowest BCUT2D eigenvalue weighted by molar-refractivity contribution is -0.384. The number of benzene rings is 1. The molecular formula is C18H20ClN3O5. The van der Waals surface area contributed by atoms with Crippen molar-refractivity contribution < 1.29 is 19.2 Å². The molecular weight excluding hydrogens is 374 g/mol. The van der Waals surface area contributed by atoms with Gasteiger partial charge in [-0.3, -0.25) is 19.8 Å². The standard InChI is InChI=1S/C18H20ClN3O5/c1-10-16(18(24)27-4)11(2)20-17(10)15(23)9-21(3)8-12-7-13(22(25)26)5-6-14(12)19/h5-7,20H,8-9H2,1-4H3. The van der Waals surface area contributed by atoms with Gasteiger partial charge < -0.3 is 9.72 Å². The van der Waals surface area contributed by atoms with Crippen LogP contribution in [0.1, 0.15) is 37.7 Å². The van der Waals surface area contributed by atoms with Gasteiger partial charge in [-0.05, 0) is 38.1 Å². The van der Waals surface area contributed by atoms with E-state index in [-0.39, 0.29) is 24.6 Å². The van der Waals surface area contributed by atoms with Gasteiger partial charge in [0.15, 0.2) is 5.78 Å². The molecule has 27 heavy (non-hydrogen) atoms. The molecule has 1 N–H and O–H groups in total. The van der Waals surface area contributed by atoms with Gasteiger partial charge in [-0.25, -0.2) is 4.79 Å². The smallest absolute Gasteiger partial charge is 0.339 e. The normalized spacial score (nSPS) is 10.9. The highest BCUT2D eigenvalue weighted by atomic mass is 35.5. The first-order valence-electron chi connectivity index (χ1n) is 8.07. The topological polar surface area (TPSA) is 106 Å².